The standard InChI is InChI=1S/C12H7Br2ClN2O2S/c13-8-5-9(20-10(8)14)12(19)17-16-11(18)6-1-3-7(15)4-2-6/h1-5H,(H,16,18)(H,17,19). The molecule has 8 heteroatoms. The first-order chi connectivity index (χ1) is 9.47. The van der Waals surface area contributed by atoms with Crippen molar-refractivity contribution in [2.24, 2.45) is 0 Å². The minimum atomic E-state index is -0.412. The third-order valence-electron chi connectivity index (χ3n) is 2.26. The Labute approximate surface area is 140 Å². The minimum absolute atomic E-state index is 0.385. The van der Waals surface area contributed by atoms with Gasteiger partial charge in [0.2, 0.25) is 0 Å². The lowest BCUT2D eigenvalue weighted by molar-refractivity contribution is 0.0849. The highest BCUT2D eigenvalue weighted by molar-refractivity contribution is 9.13. The van der Waals surface area contributed by atoms with Crippen LogP contribution in [0, 0.1) is 0 Å². The first-order valence-electron chi connectivity index (χ1n) is 5.28. The lowest BCUT2D eigenvalue weighted by Crippen LogP contribution is -2.41. The maximum Gasteiger partial charge on any atom is 0.279 e. The van der Waals surface area contributed by atoms with E-state index in [2.05, 4.69) is 42.7 Å². The lowest BCUT2D eigenvalue weighted by atomic mass is 10.2. The highest BCUT2D eigenvalue weighted by Gasteiger charge is 2.13. The highest BCUT2D eigenvalue weighted by atomic mass is 79.9. The average Bonchev–Trinajstić information content (AvgIpc) is 2.76. The Balaban J connectivity index is 1.96. The van der Waals surface area contributed by atoms with E-state index in [1.165, 1.54) is 11.3 Å². The summed E-state index contributed by atoms with van der Waals surface area (Å²) in [6.07, 6.45) is 0. The molecule has 2 rings (SSSR count). The van der Waals surface area contributed by atoms with Gasteiger partial charge in [0.25, 0.3) is 11.8 Å². The van der Waals surface area contributed by atoms with Crippen LogP contribution in [0.15, 0.2) is 38.6 Å². The number of carbonyl (C=O) groups is 2. The van der Waals surface area contributed by atoms with Gasteiger partial charge in [-0.15, -0.1) is 11.3 Å². The van der Waals surface area contributed by atoms with E-state index in [1.54, 1.807) is 30.3 Å². The molecule has 0 saturated heterocycles. The summed E-state index contributed by atoms with van der Waals surface area (Å²) in [5.41, 5.74) is 5.10. The SMILES string of the molecule is O=C(NNC(=O)c1cc(Br)c(Br)s1)c1ccc(Cl)cc1. The van der Waals surface area contributed by atoms with Gasteiger partial charge < -0.3 is 0 Å². The van der Waals surface area contributed by atoms with Crippen molar-refractivity contribution in [1.29, 1.82) is 0 Å². The van der Waals surface area contributed by atoms with Crippen LogP contribution < -0.4 is 10.9 Å². The molecule has 1 aromatic heterocycles. The fourth-order valence-electron chi connectivity index (χ4n) is 1.31. The van der Waals surface area contributed by atoms with Gasteiger partial charge in [0, 0.05) is 15.1 Å². The summed E-state index contributed by atoms with van der Waals surface area (Å²) >= 11 is 13.6. The lowest BCUT2D eigenvalue weighted by Gasteiger charge is -2.06. The van der Waals surface area contributed by atoms with E-state index in [4.69, 9.17) is 11.6 Å². The summed E-state index contributed by atoms with van der Waals surface area (Å²) in [4.78, 5) is 24.1. The molecule has 0 aliphatic rings. The van der Waals surface area contributed by atoms with Crippen molar-refractivity contribution in [3.05, 3.63) is 54.1 Å². The summed E-state index contributed by atoms with van der Waals surface area (Å²) in [5.74, 6) is -0.798. The smallest absolute Gasteiger partial charge is 0.267 e. The van der Waals surface area contributed by atoms with Crippen LogP contribution in [0.25, 0.3) is 0 Å². The van der Waals surface area contributed by atoms with Crippen molar-refractivity contribution >= 4 is 66.6 Å². The van der Waals surface area contributed by atoms with Gasteiger partial charge in [-0.05, 0) is 62.2 Å². The summed E-state index contributed by atoms with van der Waals surface area (Å²) in [5, 5.41) is 0.541. The molecule has 2 amide bonds. The number of rotatable bonds is 2. The van der Waals surface area contributed by atoms with Crippen LogP contribution in [-0.4, -0.2) is 11.8 Å². The molecular formula is C12H7Br2ClN2O2S. The molecule has 1 aromatic carbocycles. The topological polar surface area (TPSA) is 58.2 Å². The van der Waals surface area contributed by atoms with E-state index in [0.717, 1.165) is 8.26 Å². The molecule has 2 N–H and O–H groups in total. The summed E-state index contributed by atoms with van der Waals surface area (Å²) in [6.45, 7) is 0. The number of carbonyl (C=O) groups excluding carboxylic acids is 2. The highest BCUT2D eigenvalue weighted by Crippen LogP contribution is 2.32. The predicted molar refractivity (Wildman–Crippen MR) is 86.1 cm³/mol. The maximum absolute atomic E-state index is 11.8. The second-order valence-electron chi connectivity index (χ2n) is 3.65. The molecule has 0 fully saturated rings. The molecule has 0 radical (unpaired) electrons. The third kappa shape index (κ3) is 3.82. The van der Waals surface area contributed by atoms with Crippen LogP contribution in [0.3, 0.4) is 0 Å². The van der Waals surface area contributed by atoms with Crippen molar-refractivity contribution < 1.29 is 9.59 Å². The van der Waals surface area contributed by atoms with Crippen LogP contribution in [0.2, 0.25) is 5.02 Å². The molecule has 0 unspecified atom stereocenters. The summed E-state index contributed by atoms with van der Waals surface area (Å²) in [6, 6.07) is 8.01. The minimum Gasteiger partial charge on any atom is -0.267 e. The average molecular weight is 439 g/mol. The maximum atomic E-state index is 11.8. The van der Waals surface area contributed by atoms with Crippen LogP contribution in [0.1, 0.15) is 20.0 Å². The van der Waals surface area contributed by atoms with Crippen molar-refractivity contribution in [3.8, 4) is 0 Å². The fraction of sp³-hybridized carbons (Fsp3) is 0. The molecule has 0 aliphatic carbocycles. The number of hydrazine groups is 1. The Morgan fingerprint density at radius 3 is 2.20 bits per heavy atom. The fourth-order valence-corrected chi connectivity index (χ4v) is 3.36. The number of hydrogen-bond acceptors (Lipinski definition) is 3. The first-order valence-corrected chi connectivity index (χ1v) is 8.06. The molecule has 0 atom stereocenters. The third-order valence-corrected chi connectivity index (χ3v) is 5.77. The molecule has 4 nitrogen and oxygen atoms in total. The van der Waals surface area contributed by atoms with Gasteiger partial charge in [0.05, 0.1) is 8.66 Å². The van der Waals surface area contributed by atoms with Crippen molar-refractivity contribution in [1.82, 2.24) is 10.9 Å². The number of amides is 2. The molecular weight excluding hydrogens is 431 g/mol. The summed E-state index contributed by atoms with van der Waals surface area (Å²) in [7, 11) is 0. The zero-order valence-electron chi connectivity index (χ0n) is 9.75. The van der Waals surface area contributed by atoms with E-state index < -0.39 is 5.91 Å². The number of thiophene rings is 1. The number of nitrogens with one attached hydrogen (secondary N) is 2. The second-order valence-corrected chi connectivity index (χ2v) is 7.31. The van der Waals surface area contributed by atoms with Crippen molar-refractivity contribution in [2.75, 3.05) is 0 Å². The molecule has 20 heavy (non-hydrogen) atoms. The number of benzene rings is 1. The van der Waals surface area contributed by atoms with Crippen molar-refractivity contribution in [3.63, 3.8) is 0 Å². The zero-order valence-corrected chi connectivity index (χ0v) is 14.5. The van der Waals surface area contributed by atoms with Crippen molar-refractivity contribution in [2.45, 2.75) is 0 Å². The molecule has 104 valence electrons. The Kier molecular flexibility index (Phi) is 5.20. The van der Waals surface area contributed by atoms with E-state index >= 15 is 0 Å². The molecule has 1 heterocycles. The van der Waals surface area contributed by atoms with Crippen LogP contribution in [0.4, 0.5) is 0 Å². The van der Waals surface area contributed by atoms with Gasteiger partial charge in [-0.2, -0.15) is 0 Å². The molecule has 0 spiro atoms. The normalized spacial score (nSPS) is 10.2. The van der Waals surface area contributed by atoms with Gasteiger partial charge in [0.1, 0.15) is 0 Å². The van der Waals surface area contributed by atoms with Gasteiger partial charge in [-0.1, -0.05) is 11.6 Å². The first kappa shape index (κ1) is 15.5. The van der Waals surface area contributed by atoms with Crippen LogP contribution in [-0.2, 0) is 0 Å². The molecule has 0 saturated carbocycles. The van der Waals surface area contributed by atoms with Crippen LogP contribution >= 0.6 is 54.8 Å². The van der Waals surface area contributed by atoms with Crippen LogP contribution in [0.5, 0.6) is 0 Å². The number of hydrogen-bond donors (Lipinski definition) is 2. The quantitative estimate of drug-likeness (QED) is 0.697. The van der Waals surface area contributed by atoms with E-state index in [0.29, 0.717) is 15.5 Å². The second kappa shape index (κ2) is 6.71. The van der Waals surface area contributed by atoms with Gasteiger partial charge in [-0.25, -0.2) is 0 Å². The van der Waals surface area contributed by atoms with Gasteiger partial charge >= 0.3 is 0 Å². The van der Waals surface area contributed by atoms with E-state index in [9.17, 15) is 9.59 Å². The number of halogens is 3. The predicted octanol–water partition coefficient (Wildman–Crippen LogP) is 4.00. The largest absolute Gasteiger partial charge is 0.279 e. The monoisotopic (exact) mass is 436 g/mol. The molecule has 0 aliphatic heterocycles. The summed E-state index contributed by atoms with van der Waals surface area (Å²) < 4.78 is 1.60. The Morgan fingerprint density at radius 2 is 1.65 bits per heavy atom. The van der Waals surface area contributed by atoms with E-state index in [-0.39, 0.29) is 5.91 Å². The van der Waals surface area contributed by atoms with Gasteiger partial charge in [-0.3, -0.25) is 20.4 Å². The van der Waals surface area contributed by atoms with E-state index in [1.807, 2.05) is 0 Å². The Bertz CT molecular complexity index is 638. The molecule has 0 bridgehead atoms. The molecule has 2 aromatic rings. The Morgan fingerprint density at radius 1 is 1.05 bits per heavy atom. The zero-order chi connectivity index (χ0) is 14.7. The van der Waals surface area contributed by atoms with Gasteiger partial charge in [0.15, 0.2) is 0 Å². The Hall–Kier alpha value is -0.890.